The van der Waals surface area contributed by atoms with Gasteiger partial charge >= 0.3 is 0 Å². The number of anilines is 2. The number of amides is 1. The van der Waals surface area contributed by atoms with Gasteiger partial charge in [0.25, 0.3) is 0 Å². The van der Waals surface area contributed by atoms with Crippen LogP contribution >= 0.6 is 0 Å². The molecule has 27 heavy (non-hydrogen) atoms. The third-order valence-corrected chi connectivity index (χ3v) is 5.42. The largest absolute Gasteiger partial charge is 0.495 e. The van der Waals surface area contributed by atoms with Crippen LogP contribution in [-0.2, 0) is 11.8 Å². The molecule has 1 fully saturated rings. The van der Waals surface area contributed by atoms with Gasteiger partial charge in [-0.05, 0) is 32.9 Å². The van der Waals surface area contributed by atoms with Gasteiger partial charge in [0, 0.05) is 33.2 Å². The number of carbonyl (C=O) groups is 1. The number of carbonyl (C=O) groups excluding carboxylic acids is 1. The highest BCUT2D eigenvalue weighted by Crippen LogP contribution is 2.28. The summed E-state index contributed by atoms with van der Waals surface area (Å²) in [4.78, 5) is 17.3. The summed E-state index contributed by atoms with van der Waals surface area (Å²) in [5, 5.41) is 7.43. The molecule has 7 heteroatoms. The van der Waals surface area contributed by atoms with Gasteiger partial charge in [0.1, 0.15) is 5.75 Å². The van der Waals surface area contributed by atoms with E-state index in [0.717, 1.165) is 54.7 Å². The van der Waals surface area contributed by atoms with Crippen molar-refractivity contribution in [2.24, 2.45) is 7.05 Å². The van der Waals surface area contributed by atoms with Gasteiger partial charge in [0.05, 0.1) is 35.9 Å². The Hall–Kier alpha value is -2.54. The standard InChI is InChI=1S/C20H29N5O2/c1-14-19(15(2)23(4)22-14)21-20(26)16(3)24-10-12-25(13-11-24)17-8-6-7-9-18(17)27-5/h6-9,16H,10-13H2,1-5H3,(H,21,26). The topological polar surface area (TPSA) is 62.6 Å². The minimum atomic E-state index is -0.191. The Morgan fingerprint density at radius 1 is 1.19 bits per heavy atom. The number of benzene rings is 1. The average Bonchev–Trinajstić information content (AvgIpc) is 2.93. The Kier molecular flexibility index (Phi) is 5.70. The molecule has 0 bridgehead atoms. The van der Waals surface area contributed by atoms with Crippen molar-refractivity contribution in [3.05, 3.63) is 35.7 Å². The minimum Gasteiger partial charge on any atom is -0.495 e. The second-order valence-corrected chi connectivity index (χ2v) is 7.03. The maximum atomic E-state index is 12.8. The van der Waals surface area contributed by atoms with E-state index in [9.17, 15) is 4.79 Å². The van der Waals surface area contributed by atoms with Gasteiger partial charge in [-0.3, -0.25) is 14.4 Å². The third-order valence-electron chi connectivity index (χ3n) is 5.42. The molecule has 1 aliphatic rings. The van der Waals surface area contributed by atoms with Crippen LogP contribution in [0.1, 0.15) is 18.3 Å². The SMILES string of the molecule is COc1ccccc1N1CCN(C(C)C(=O)Nc2c(C)nn(C)c2C)CC1. The zero-order chi connectivity index (χ0) is 19.6. The number of rotatable bonds is 5. The molecule has 1 aromatic heterocycles. The first-order valence-corrected chi connectivity index (χ1v) is 9.35. The van der Waals surface area contributed by atoms with E-state index in [1.807, 2.05) is 46.0 Å². The number of aromatic nitrogens is 2. The monoisotopic (exact) mass is 371 g/mol. The number of methoxy groups -OCH3 is 1. The van der Waals surface area contributed by atoms with E-state index in [1.54, 1.807) is 11.8 Å². The number of piperazine rings is 1. The van der Waals surface area contributed by atoms with Crippen molar-refractivity contribution in [2.75, 3.05) is 43.5 Å². The molecular formula is C20H29N5O2. The number of para-hydroxylation sites is 2. The normalized spacial score (nSPS) is 16.3. The second kappa shape index (κ2) is 8.00. The van der Waals surface area contributed by atoms with Gasteiger partial charge in [-0.25, -0.2) is 0 Å². The fourth-order valence-corrected chi connectivity index (χ4v) is 3.59. The quantitative estimate of drug-likeness (QED) is 0.873. The van der Waals surface area contributed by atoms with Crippen molar-refractivity contribution >= 4 is 17.3 Å². The summed E-state index contributed by atoms with van der Waals surface area (Å²) in [6, 6.07) is 7.88. The predicted octanol–water partition coefficient (Wildman–Crippen LogP) is 2.19. The molecule has 0 radical (unpaired) electrons. The smallest absolute Gasteiger partial charge is 0.241 e. The lowest BCUT2D eigenvalue weighted by Gasteiger charge is -2.38. The molecular weight excluding hydrogens is 342 g/mol. The molecule has 1 N–H and O–H groups in total. The van der Waals surface area contributed by atoms with Crippen molar-refractivity contribution in [3.63, 3.8) is 0 Å². The summed E-state index contributed by atoms with van der Waals surface area (Å²) in [6.07, 6.45) is 0. The van der Waals surface area contributed by atoms with Crippen LogP contribution in [0.5, 0.6) is 5.75 Å². The van der Waals surface area contributed by atoms with Gasteiger partial charge in [-0.1, -0.05) is 12.1 Å². The molecule has 1 amide bonds. The van der Waals surface area contributed by atoms with Crippen molar-refractivity contribution < 1.29 is 9.53 Å². The summed E-state index contributed by atoms with van der Waals surface area (Å²) >= 11 is 0. The molecule has 3 rings (SSSR count). The summed E-state index contributed by atoms with van der Waals surface area (Å²) < 4.78 is 7.27. The van der Waals surface area contributed by atoms with E-state index in [2.05, 4.69) is 26.3 Å². The zero-order valence-electron chi connectivity index (χ0n) is 16.8. The van der Waals surface area contributed by atoms with Crippen LogP contribution < -0.4 is 15.0 Å². The third kappa shape index (κ3) is 3.93. The first kappa shape index (κ1) is 19.2. The number of nitrogens with zero attached hydrogens (tertiary/aromatic N) is 4. The van der Waals surface area contributed by atoms with Gasteiger partial charge in [0.2, 0.25) is 5.91 Å². The van der Waals surface area contributed by atoms with Crippen molar-refractivity contribution in [3.8, 4) is 5.75 Å². The van der Waals surface area contributed by atoms with Crippen LogP contribution in [0.2, 0.25) is 0 Å². The van der Waals surface area contributed by atoms with E-state index < -0.39 is 0 Å². The maximum Gasteiger partial charge on any atom is 0.241 e. The number of ether oxygens (including phenoxy) is 1. The van der Waals surface area contributed by atoms with Gasteiger partial charge < -0.3 is 15.0 Å². The van der Waals surface area contributed by atoms with Gasteiger partial charge in [-0.2, -0.15) is 5.10 Å². The first-order chi connectivity index (χ1) is 12.9. The molecule has 2 heterocycles. The van der Waals surface area contributed by atoms with Crippen LogP contribution in [0.25, 0.3) is 0 Å². The fraction of sp³-hybridized carbons (Fsp3) is 0.500. The maximum absolute atomic E-state index is 12.8. The van der Waals surface area contributed by atoms with Crippen LogP contribution in [-0.4, -0.2) is 59.9 Å². The molecule has 0 saturated carbocycles. The molecule has 2 aromatic rings. The van der Waals surface area contributed by atoms with E-state index in [-0.39, 0.29) is 11.9 Å². The Labute approximate surface area is 160 Å². The number of nitrogens with one attached hydrogen (secondary N) is 1. The van der Waals surface area contributed by atoms with Crippen molar-refractivity contribution in [2.45, 2.75) is 26.8 Å². The highest BCUT2D eigenvalue weighted by atomic mass is 16.5. The Morgan fingerprint density at radius 2 is 1.85 bits per heavy atom. The first-order valence-electron chi connectivity index (χ1n) is 9.35. The Balaban J connectivity index is 1.61. The lowest BCUT2D eigenvalue weighted by molar-refractivity contribution is -0.120. The highest BCUT2D eigenvalue weighted by molar-refractivity contribution is 5.95. The van der Waals surface area contributed by atoms with E-state index >= 15 is 0 Å². The van der Waals surface area contributed by atoms with Crippen molar-refractivity contribution in [1.29, 1.82) is 0 Å². The minimum absolute atomic E-state index is 0.0138. The van der Waals surface area contributed by atoms with E-state index in [0.29, 0.717) is 0 Å². The lowest BCUT2D eigenvalue weighted by atomic mass is 10.2. The van der Waals surface area contributed by atoms with Gasteiger partial charge in [-0.15, -0.1) is 0 Å². The number of aryl methyl sites for hydroxylation is 2. The highest BCUT2D eigenvalue weighted by Gasteiger charge is 2.27. The zero-order valence-corrected chi connectivity index (χ0v) is 16.8. The summed E-state index contributed by atoms with van der Waals surface area (Å²) in [5.41, 5.74) is 3.74. The van der Waals surface area contributed by atoms with Crippen LogP contribution in [0.4, 0.5) is 11.4 Å². The molecule has 1 unspecified atom stereocenters. The molecule has 146 valence electrons. The van der Waals surface area contributed by atoms with Crippen molar-refractivity contribution in [1.82, 2.24) is 14.7 Å². The number of hydrogen-bond acceptors (Lipinski definition) is 5. The van der Waals surface area contributed by atoms with Crippen LogP contribution in [0, 0.1) is 13.8 Å². The molecule has 1 atom stereocenters. The van der Waals surface area contributed by atoms with Crippen LogP contribution in [0.15, 0.2) is 24.3 Å². The molecule has 1 aromatic carbocycles. The molecule has 1 saturated heterocycles. The fourth-order valence-electron chi connectivity index (χ4n) is 3.59. The lowest BCUT2D eigenvalue weighted by Crippen LogP contribution is -2.53. The van der Waals surface area contributed by atoms with Gasteiger partial charge in [0.15, 0.2) is 0 Å². The summed E-state index contributed by atoms with van der Waals surface area (Å²) in [6.45, 7) is 9.24. The molecule has 7 nitrogen and oxygen atoms in total. The molecule has 1 aliphatic heterocycles. The van der Waals surface area contributed by atoms with E-state index in [1.165, 1.54) is 0 Å². The number of hydrogen-bond donors (Lipinski definition) is 1. The Morgan fingerprint density at radius 3 is 2.44 bits per heavy atom. The molecule has 0 spiro atoms. The average molecular weight is 371 g/mol. The molecule has 0 aliphatic carbocycles. The second-order valence-electron chi connectivity index (χ2n) is 7.03. The predicted molar refractivity (Wildman–Crippen MR) is 108 cm³/mol. The summed E-state index contributed by atoms with van der Waals surface area (Å²) in [5.74, 6) is 0.902. The van der Waals surface area contributed by atoms with E-state index in [4.69, 9.17) is 4.74 Å². The summed E-state index contributed by atoms with van der Waals surface area (Å²) in [7, 11) is 3.59. The Bertz CT molecular complexity index is 809. The van der Waals surface area contributed by atoms with Crippen LogP contribution in [0.3, 0.4) is 0 Å².